The molecule has 0 heterocycles. The van der Waals surface area contributed by atoms with E-state index in [4.69, 9.17) is 9.47 Å². The van der Waals surface area contributed by atoms with Gasteiger partial charge in [0.05, 0.1) is 17.7 Å². The third-order valence-corrected chi connectivity index (χ3v) is 3.54. The number of carbonyl (C=O) groups excluding carboxylic acids is 2. The van der Waals surface area contributed by atoms with Gasteiger partial charge in [-0.05, 0) is 42.8 Å². The van der Waals surface area contributed by atoms with Crippen molar-refractivity contribution in [2.75, 3.05) is 6.61 Å². The van der Waals surface area contributed by atoms with Gasteiger partial charge in [0.1, 0.15) is 5.75 Å². The monoisotopic (exact) mass is 350 g/mol. The van der Waals surface area contributed by atoms with Crippen molar-refractivity contribution in [3.8, 4) is 5.75 Å². The minimum atomic E-state index is -0.429. The summed E-state index contributed by atoms with van der Waals surface area (Å²) in [5.74, 6) is -0.391. The molecule has 0 aliphatic heterocycles. The van der Waals surface area contributed by atoms with Crippen LogP contribution in [0.15, 0.2) is 54.6 Å². The third kappa shape index (κ3) is 7.43. The van der Waals surface area contributed by atoms with Crippen molar-refractivity contribution in [1.29, 1.82) is 0 Å². The van der Waals surface area contributed by atoms with Crippen molar-refractivity contribution >= 4 is 41.5 Å². The molecule has 0 aromatic heterocycles. The van der Waals surface area contributed by atoms with Crippen molar-refractivity contribution in [3.63, 3.8) is 0 Å². The molecule has 0 amide bonds. The molecule has 0 radical (unpaired) electrons. The van der Waals surface area contributed by atoms with E-state index in [-0.39, 0.29) is 35.5 Å². The second-order valence-corrected chi connectivity index (χ2v) is 5.48. The van der Waals surface area contributed by atoms with E-state index in [1.165, 1.54) is 0 Å². The number of rotatable bonds is 8. The minimum absolute atomic E-state index is 0. The molecule has 2 aromatic carbocycles. The van der Waals surface area contributed by atoms with Gasteiger partial charge >= 0.3 is 41.5 Å². The summed E-state index contributed by atoms with van der Waals surface area (Å²) in [6.07, 6.45) is 4.25. The Morgan fingerprint density at radius 2 is 1.44 bits per heavy atom. The average molecular weight is 350 g/mol. The Morgan fingerprint density at radius 3 is 2.08 bits per heavy atom. The first-order chi connectivity index (χ1) is 11.7. The predicted octanol–water partition coefficient (Wildman–Crippen LogP) is 3.99. The Bertz CT molecular complexity index is 653. The van der Waals surface area contributed by atoms with Gasteiger partial charge in [-0.3, -0.25) is 0 Å². The molecule has 2 rings (SSSR count). The summed E-state index contributed by atoms with van der Waals surface area (Å²) in [4.78, 5) is 23.8. The quantitative estimate of drug-likeness (QED) is 0.313. The van der Waals surface area contributed by atoms with Crippen LogP contribution < -0.4 is 4.74 Å². The van der Waals surface area contributed by atoms with Crippen molar-refractivity contribution in [2.24, 2.45) is 0 Å². The standard InChI is InChI=1S/C20H22O4.Na.H/c1-2-3-4-8-15-23-19(21)17-11-13-18(14-12-17)24-20(22)16-9-6-5-7-10-16;;/h5-7,9-14H,2-4,8,15H2,1H3;;. The van der Waals surface area contributed by atoms with Gasteiger partial charge in [-0.2, -0.15) is 0 Å². The van der Waals surface area contributed by atoms with Gasteiger partial charge in [0.25, 0.3) is 0 Å². The summed E-state index contributed by atoms with van der Waals surface area (Å²) in [5.41, 5.74) is 0.929. The molecule has 0 atom stereocenters. The molecule has 2 aromatic rings. The second kappa shape index (κ2) is 11.9. The van der Waals surface area contributed by atoms with Crippen LogP contribution in [0.5, 0.6) is 5.75 Å². The van der Waals surface area contributed by atoms with Crippen molar-refractivity contribution in [3.05, 3.63) is 65.7 Å². The number of carbonyl (C=O) groups is 2. The van der Waals surface area contributed by atoms with Gasteiger partial charge in [-0.15, -0.1) is 0 Å². The number of hydrogen-bond donors (Lipinski definition) is 0. The van der Waals surface area contributed by atoms with Gasteiger partial charge < -0.3 is 9.47 Å². The molecule has 0 saturated carbocycles. The molecule has 0 aliphatic carbocycles. The van der Waals surface area contributed by atoms with E-state index in [2.05, 4.69) is 6.92 Å². The molecule has 0 spiro atoms. The molecule has 0 fully saturated rings. The molecule has 128 valence electrons. The molecule has 4 nitrogen and oxygen atoms in total. The van der Waals surface area contributed by atoms with Crippen LogP contribution in [0.25, 0.3) is 0 Å². The molecular weight excluding hydrogens is 327 g/mol. The molecule has 0 unspecified atom stereocenters. The third-order valence-electron chi connectivity index (χ3n) is 3.54. The number of esters is 2. The van der Waals surface area contributed by atoms with E-state index >= 15 is 0 Å². The molecule has 25 heavy (non-hydrogen) atoms. The second-order valence-electron chi connectivity index (χ2n) is 5.48. The Morgan fingerprint density at radius 1 is 0.800 bits per heavy atom. The number of ether oxygens (including phenoxy) is 2. The van der Waals surface area contributed by atoms with Gasteiger partial charge in [0.2, 0.25) is 0 Å². The van der Waals surface area contributed by atoms with Crippen molar-refractivity contribution in [2.45, 2.75) is 32.6 Å². The van der Waals surface area contributed by atoms with Crippen LogP contribution in [0, 0.1) is 0 Å². The Kier molecular flexibility index (Phi) is 10.2. The van der Waals surface area contributed by atoms with Crippen LogP contribution in [0.1, 0.15) is 53.3 Å². The topological polar surface area (TPSA) is 52.6 Å². The molecule has 0 aliphatic rings. The van der Waals surface area contributed by atoms with E-state index in [0.717, 1.165) is 25.7 Å². The van der Waals surface area contributed by atoms with Crippen molar-refractivity contribution in [1.82, 2.24) is 0 Å². The first-order valence-corrected chi connectivity index (χ1v) is 8.25. The van der Waals surface area contributed by atoms with E-state index in [9.17, 15) is 9.59 Å². The zero-order valence-corrected chi connectivity index (χ0v) is 13.9. The number of unbranched alkanes of at least 4 members (excludes halogenated alkanes) is 3. The van der Waals surface area contributed by atoms with Crippen LogP contribution in [0.4, 0.5) is 0 Å². The maximum atomic E-state index is 11.9. The molecule has 0 bridgehead atoms. The summed E-state index contributed by atoms with van der Waals surface area (Å²) in [7, 11) is 0. The van der Waals surface area contributed by atoms with Crippen LogP contribution in [-0.2, 0) is 4.74 Å². The van der Waals surface area contributed by atoms with Crippen LogP contribution in [-0.4, -0.2) is 48.1 Å². The molecular formula is C20H23NaO4. The van der Waals surface area contributed by atoms with E-state index in [0.29, 0.717) is 23.5 Å². The Balaban J connectivity index is 0.00000312. The van der Waals surface area contributed by atoms with E-state index in [1.807, 2.05) is 6.07 Å². The zero-order chi connectivity index (χ0) is 17.2. The Hall–Kier alpha value is -1.62. The summed E-state index contributed by atoms with van der Waals surface area (Å²) in [6, 6.07) is 15.1. The van der Waals surface area contributed by atoms with Crippen LogP contribution in [0.2, 0.25) is 0 Å². The number of hydrogen-bond acceptors (Lipinski definition) is 4. The first kappa shape index (κ1) is 21.4. The van der Waals surface area contributed by atoms with E-state index < -0.39 is 5.97 Å². The van der Waals surface area contributed by atoms with Crippen molar-refractivity contribution < 1.29 is 19.1 Å². The molecule has 0 saturated heterocycles. The zero-order valence-electron chi connectivity index (χ0n) is 13.9. The Labute approximate surface area is 170 Å². The summed E-state index contributed by atoms with van der Waals surface area (Å²) in [5, 5.41) is 0. The summed E-state index contributed by atoms with van der Waals surface area (Å²) < 4.78 is 10.5. The maximum absolute atomic E-state index is 11.9. The summed E-state index contributed by atoms with van der Waals surface area (Å²) in [6.45, 7) is 2.57. The van der Waals surface area contributed by atoms with Crippen LogP contribution in [0.3, 0.4) is 0 Å². The normalized spacial score (nSPS) is 9.80. The van der Waals surface area contributed by atoms with Gasteiger partial charge in [0.15, 0.2) is 0 Å². The number of benzene rings is 2. The van der Waals surface area contributed by atoms with Gasteiger partial charge in [-0.1, -0.05) is 44.4 Å². The van der Waals surface area contributed by atoms with Crippen LogP contribution >= 0.6 is 0 Å². The average Bonchev–Trinajstić information content (AvgIpc) is 2.62. The van der Waals surface area contributed by atoms with Gasteiger partial charge in [-0.25, -0.2) is 9.59 Å². The predicted molar refractivity (Wildman–Crippen MR) is 99.4 cm³/mol. The first-order valence-electron chi connectivity index (χ1n) is 8.25. The SMILES string of the molecule is CCCCCCOC(=O)c1ccc(OC(=O)c2ccccc2)cc1.[NaH]. The van der Waals surface area contributed by atoms with Gasteiger partial charge in [0, 0.05) is 0 Å². The fraction of sp³-hybridized carbons (Fsp3) is 0.300. The molecule has 0 N–H and O–H groups in total. The summed E-state index contributed by atoms with van der Waals surface area (Å²) >= 11 is 0. The fourth-order valence-electron chi connectivity index (χ4n) is 2.18. The van der Waals surface area contributed by atoms with E-state index in [1.54, 1.807) is 48.5 Å². The molecule has 5 heteroatoms. The fourth-order valence-corrected chi connectivity index (χ4v) is 2.18.